The molecule has 0 saturated carbocycles. The fourth-order valence-corrected chi connectivity index (χ4v) is 4.03. The molecule has 0 atom stereocenters. The first-order valence-corrected chi connectivity index (χ1v) is 10.1. The van der Waals surface area contributed by atoms with Gasteiger partial charge in [0.1, 0.15) is 11.6 Å². The first kappa shape index (κ1) is 19.9. The zero-order valence-corrected chi connectivity index (χ0v) is 16.7. The van der Waals surface area contributed by atoms with Crippen molar-refractivity contribution < 1.29 is 14.6 Å². The van der Waals surface area contributed by atoms with Gasteiger partial charge in [-0.05, 0) is 65.9 Å². The van der Waals surface area contributed by atoms with E-state index in [1.807, 2.05) is 24.3 Å². The van der Waals surface area contributed by atoms with Crippen molar-refractivity contribution >= 4 is 11.6 Å². The van der Waals surface area contributed by atoms with Gasteiger partial charge in [-0.3, -0.25) is 4.90 Å². The fraction of sp³-hybridized carbons (Fsp3) is 0.250. The maximum Gasteiger partial charge on any atom is 0.123 e. The summed E-state index contributed by atoms with van der Waals surface area (Å²) in [6.07, 6.45) is 1.24. The van der Waals surface area contributed by atoms with Gasteiger partial charge in [-0.25, -0.2) is 4.39 Å². The largest absolute Gasteiger partial charge is 0.508 e. The molecule has 0 unspecified atom stereocenters. The van der Waals surface area contributed by atoms with E-state index in [1.165, 1.54) is 12.1 Å². The van der Waals surface area contributed by atoms with E-state index in [4.69, 9.17) is 11.6 Å². The Labute approximate surface area is 175 Å². The summed E-state index contributed by atoms with van der Waals surface area (Å²) in [6.45, 7) is 2.04. The van der Waals surface area contributed by atoms with Gasteiger partial charge in [-0.15, -0.1) is 0 Å². The predicted molar refractivity (Wildman–Crippen MR) is 113 cm³/mol. The topological polar surface area (TPSA) is 43.7 Å². The number of aromatic hydroxyl groups is 1. The Morgan fingerprint density at radius 2 is 1.52 bits per heavy atom. The lowest BCUT2D eigenvalue weighted by Crippen LogP contribution is -2.42. The molecular formula is C24H23ClFNO2. The Bertz CT molecular complexity index is 981. The molecule has 0 spiro atoms. The molecule has 3 aromatic rings. The van der Waals surface area contributed by atoms with Crippen molar-refractivity contribution in [2.75, 3.05) is 13.1 Å². The van der Waals surface area contributed by atoms with E-state index in [0.717, 1.165) is 35.3 Å². The van der Waals surface area contributed by atoms with E-state index in [0.29, 0.717) is 24.4 Å². The standard InChI is InChI=1S/C24H23ClFNO2/c25-21-6-4-20(5-7-21)24(29)11-13-27(14-12-24)16-19-15-18(3-10-23(19)28)17-1-8-22(26)9-2-17/h1-10,15,28-29H,11-14,16H2. The maximum absolute atomic E-state index is 13.2. The Hall–Kier alpha value is -2.40. The molecule has 1 aliphatic rings. The van der Waals surface area contributed by atoms with Gasteiger partial charge in [0.05, 0.1) is 5.60 Å². The summed E-state index contributed by atoms with van der Waals surface area (Å²) in [6, 6.07) is 19.2. The highest BCUT2D eigenvalue weighted by Gasteiger charge is 2.34. The Balaban J connectivity index is 1.46. The maximum atomic E-state index is 13.2. The molecule has 1 heterocycles. The fourth-order valence-electron chi connectivity index (χ4n) is 3.90. The van der Waals surface area contributed by atoms with Crippen LogP contribution < -0.4 is 0 Å². The molecule has 1 fully saturated rings. The number of nitrogens with zero attached hydrogens (tertiary/aromatic N) is 1. The van der Waals surface area contributed by atoms with Crippen molar-refractivity contribution in [2.45, 2.75) is 25.0 Å². The molecule has 0 amide bonds. The smallest absolute Gasteiger partial charge is 0.123 e. The summed E-state index contributed by atoms with van der Waals surface area (Å²) in [5.74, 6) is -0.0244. The molecule has 0 bridgehead atoms. The van der Waals surface area contributed by atoms with Gasteiger partial charge < -0.3 is 10.2 Å². The summed E-state index contributed by atoms with van der Waals surface area (Å²) in [4.78, 5) is 2.23. The van der Waals surface area contributed by atoms with Crippen LogP contribution in [-0.4, -0.2) is 28.2 Å². The first-order valence-electron chi connectivity index (χ1n) is 9.72. The Morgan fingerprint density at radius 1 is 0.897 bits per heavy atom. The van der Waals surface area contributed by atoms with Gasteiger partial charge in [-0.2, -0.15) is 0 Å². The number of aliphatic hydroxyl groups is 1. The summed E-state index contributed by atoms with van der Waals surface area (Å²) in [5.41, 5.74) is 2.71. The molecule has 150 valence electrons. The monoisotopic (exact) mass is 411 g/mol. The van der Waals surface area contributed by atoms with Crippen molar-refractivity contribution in [1.29, 1.82) is 0 Å². The van der Waals surface area contributed by atoms with E-state index in [1.54, 1.807) is 30.3 Å². The van der Waals surface area contributed by atoms with Crippen LogP contribution in [0.1, 0.15) is 24.0 Å². The number of phenols is 1. The van der Waals surface area contributed by atoms with Gasteiger partial charge in [0.2, 0.25) is 0 Å². The van der Waals surface area contributed by atoms with Crippen LogP contribution in [0.2, 0.25) is 5.02 Å². The molecule has 3 nitrogen and oxygen atoms in total. The predicted octanol–water partition coefficient (Wildman–Crippen LogP) is 5.34. The number of likely N-dealkylation sites (tertiary alicyclic amines) is 1. The number of hydrogen-bond acceptors (Lipinski definition) is 3. The lowest BCUT2D eigenvalue weighted by molar-refractivity contribution is -0.0278. The van der Waals surface area contributed by atoms with Gasteiger partial charge in [-0.1, -0.05) is 41.9 Å². The molecule has 4 rings (SSSR count). The van der Waals surface area contributed by atoms with Crippen LogP contribution in [0.4, 0.5) is 4.39 Å². The Kier molecular flexibility index (Phi) is 5.59. The van der Waals surface area contributed by atoms with Crippen LogP contribution >= 0.6 is 11.6 Å². The minimum absolute atomic E-state index is 0.245. The molecule has 5 heteroatoms. The summed E-state index contributed by atoms with van der Waals surface area (Å²) < 4.78 is 13.2. The highest BCUT2D eigenvalue weighted by atomic mass is 35.5. The van der Waals surface area contributed by atoms with Crippen molar-refractivity contribution in [3.63, 3.8) is 0 Å². The third-order valence-corrected chi connectivity index (χ3v) is 5.97. The van der Waals surface area contributed by atoms with Crippen LogP contribution in [0.3, 0.4) is 0 Å². The molecule has 1 saturated heterocycles. The second-order valence-electron chi connectivity index (χ2n) is 7.67. The van der Waals surface area contributed by atoms with Crippen LogP contribution in [0.5, 0.6) is 5.75 Å². The van der Waals surface area contributed by atoms with Crippen LogP contribution in [0.25, 0.3) is 11.1 Å². The SMILES string of the molecule is Oc1ccc(-c2ccc(F)cc2)cc1CN1CCC(O)(c2ccc(Cl)cc2)CC1. The zero-order chi connectivity index (χ0) is 20.4. The zero-order valence-electron chi connectivity index (χ0n) is 16.0. The van der Waals surface area contributed by atoms with E-state index >= 15 is 0 Å². The van der Waals surface area contributed by atoms with Crippen LogP contribution in [-0.2, 0) is 12.1 Å². The second kappa shape index (κ2) is 8.15. The normalized spacial score (nSPS) is 16.7. The number of rotatable bonds is 4. The molecule has 3 aromatic carbocycles. The van der Waals surface area contributed by atoms with Gasteiger partial charge >= 0.3 is 0 Å². The van der Waals surface area contributed by atoms with Crippen molar-refractivity contribution in [1.82, 2.24) is 4.90 Å². The molecular weight excluding hydrogens is 389 g/mol. The van der Waals surface area contributed by atoms with E-state index in [2.05, 4.69) is 4.90 Å². The molecule has 0 radical (unpaired) electrons. The molecule has 2 N–H and O–H groups in total. The van der Waals surface area contributed by atoms with Gasteiger partial charge in [0.25, 0.3) is 0 Å². The highest BCUT2D eigenvalue weighted by molar-refractivity contribution is 6.30. The second-order valence-corrected chi connectivity index (χ2v) is 8.10. The van der Waals surface area contributed by atoms with Gasteiger partial charge in [0, 0.05) is 30.2 Å². The summed E-state index contributed by atoms with van der Waals surface area (Å²) >= 11 is 5.96. The van der Waals surface area contributed by atoms with E-state index < -0.39 is 5.60 Å². The quantitative estimate of drug-likeness (QED) is 0.609. The minimum Gasteiger partial charge on any atom is -0.508 e. The number of halogens is 2. The lowest BCUT2D eigenvalue weighted by Gasteiger charge is -2.38. The average Bonchev–Trinajstić information content (AvgIpc) is 2.72. The van der Waals surface area contributed by atoms with Gasteiger partial charge in [0.15, 0.2) is 0 Å². The van der Waals surface area contributed by atoms with Crippen molar-refractivity contribution in [2.24, 2.45) is 0 Å². The Morgan fingerprint density at radius 3 is 2.17 bits per heavy atom. The summed E-state index contributed by atoms with van der Waals surface area (Å²) in [5, 5.41) is 22.0. The molecule has 0 aromatic heterocycles. The molecule has 0 aliphatic carbocycles. The molecule has 29 heavy (non-hydrogen) atoms. The lowest BCUT2D eigenvalue weighted by atomic mass is 9.84. The number of phenolic OH excluding ortho intramolecular Hbond substituents is 1. The highest BCUT2D eigenvalue weighted by Crippen LogP contribution is 2.35. The third-order valence-electron chi connectivity index (χ3n) is 5.72. The summed E-state index contributed by atoms with van der Waals surface area (Å²) in [7, 11) is 0. The number of piperidine rings is 1. The first-order chi connectivity index (χ1) is 13.9. The van der Waals surface area contributed by atoms with Crippen molar-refractivity contribution in [3.05, 3.63) is 88.7 Å². The number of benzene rings is 3. The number of hydrogen-bond donors (Lipinski definition) is 2. The third kappa shape index (κ3) is 4.45. The van der Waals surface area contributed by atoms with E-state index in [9.17, 15) is 14.6 Å². The minimum atomic E-state index is -0.848. The van der Waals surface area contributed by atoms with E-state index in [-0.39, 0.29) is 11.6 Å². The van der Waals surface area contributed by atoms with Crippen molar-refractivity contribution in [3.8, 4) is 16.9 Å². The average molecular weight is 412 g/mol. The van der Waals surface area contributed by atoms with Crippen LogP contribution in [0.15, 0.2) is 66.7 Å². The molecule has 1 aliphatic heterocycles. The van der Waals surface area contributed by atoms with Crippen LogP contribution in [0, 0.1) is 5.82 Å².